The van der Waals surface area contributed by atoms with Gasteiger partial charge < -0.3 is 0 Å². The van der Waals surface area contributed by atoms with Gasteiger partial charge in [0, 0.05) is 11.1 Å². The van der Waals surface area contributed by atoms with Crippen molar-refractivity contribution in [2.45, 2.75) is 26.7 Å². The van der Waals surface area contributed by atoms with Crippen LogP contribution in [0.5, 0.6) is 0 Å². The van der Waals surface area contributed by atoms with Gasteiger partial charge in [-0.1, -0.05) is 50.0 Å². The van der Waals surface area contributed by atoms with Gasteiger partial charge in [-0.2, -0.15) is 8.78 Å². The predicted octanol–water partition coefficient (Wildman–Crippen LogP) is 5.37. The zero-order valence-electron chi connectivity index (χ0n) is 13.8. The molecule has 2 aromatic rings. The molecule has 0 amide bonds. The third-order valence-electron chi connectivity index (χ3n) is 3.55. The summed E-state index contributed by atoms with van der Waals surface area (Å²) < 4.78 is 27.4. The van der Waals surface area contributed by atoms with Crippen LogP contribution in [0.2, 0.25) is 0 Å². The average molecular weight is 320 g/mol. The van der Waals surface area contributed by atoms with Crippen LogP contribution >= 0.6 is 0 Å². The van der Waals surface area contributed by atoms with Crippen LogP contribution in [-0.2, 0) is 12.8 Å². The Morgan fingerprint density at radius 2 is 1.00 bits per heavy atom. The number of halogens is 2. The van der Waals surface area contributed by atoms with Gasteiger partial charge in [-0.05, 0) is 60.1 Å². The van der Waals surface area contributed by atoms with E-state index in [1.54, 1.807) is 24.3 Å². The van der Waals surface area contributed by atoms with Gasteiger partial charge in [-0.15, -0.1) is 0 Å². The van der Waals surface area contributed by atoms with E-state index in [9.17, 15) is 8.78 Å². The third-order valence-corrected chi connectivity index (χ3v) is 3.55. The molecule has 120 valence electrons. The molecule has 0 atom stereocenters. The summed E-state index contributed by atoms with van der Waals surface area (Å²) in [5.41, 5.74) is 3.61. The molecular formula is C22H18F2. The van der Waals surface area contributed by atoms with Crippen LogP contribution in [0.15, 0.2) is 60.2 Å². The maximum absolute atomic E-state index is 13.7. The van der Waals surface area contributed by atoms with Crippen molar-refractivity contribution < 1.29 is 8.78 Å². The first-order chi connectivity index (χ1) is 11.6. The normalized spacial score (nSPS) is 10.8. The lowest BCUT2D eigenvalue weighted by Crippen LogP contribution is -1.81. The third kappa shape index (κ3) is 5.11. The van der Waals surface area contributed by atoms with Crippen LogP contribution in [0.1, 0.15) is 36.1 Å². The van der Waals surface area contributed by atoms with Crippen molar-refractivity contribution in [2.75, 3.05) is 0 Å². The van der Waals surface area contributed by atoms with E-state index >= 15 is 0 Å². The number of allylic oxidation sites excluding steroid dienone is 2. The smallest absolute Gasteiger partial charge is 0.193 e. The first-order valence-electron chi connectivity index (χ1n) is 7.89. The number of rotatable bonds is 2. The zero-order chi connectivity index (χ0) is 17.4. The quantitative estimate of drug-likeness (QED) is 0.653. The number of hydrogen-bond acceptors (Lipinski definition) is 0. The number of aryl methyl sites for hydroxylation is 2. The fourth-order valence-electron chi connectivity index (χ4n) is 2.01. The van der Waals surface area contributed by atoms with Crippen molar-refractivity contribution in [2.24, 2.45) is 0 Å². The molecule has 0 heterocycles. The van der Waals surface area contributed by atoms with Crippen molar-refractivity contribution in [3.8, 4) is 23.7 Å². The van der Waals surface area contributed by atoms with Crippen LogP contribution in [0.4, 0.5) is 8.78 Å². The largest absolute Gasteiger partial charge is 0.217 e. The predicted molar refractivity (Wildman–Crippen MR) is 94.6 cm³/mol. The first-order valence-corrected chi connectivity index (χ1v) is 7.89. The minimum atomic E-state index is -1.15. The van der Waals surface area contributed by atoms with Crippen LogP contribution in [-0.4, -0.2) is 0 Å². The molecule has 0 aromatic heterocycles. The Bertz CT molecular complexity index is 760. The Labute approximate surface area is 142 Å². The molecule has 0 fully saturated rings. The summed E-state index contributed by atoms with van der Waals surface area (Å²) in [5, 5.41) is 0. The molecule has 0 saturated carbocycles. The van der Waals surface area contributed by atoms with Gasteiger partial charge in [0.15, 0.2) is 0 Å². The molecule has 0 spiro atoms. The van der Waals surface area contributed by atoms with Gasteiger partial charge in [0.25, 0.3) is 0 Å². The molecule has 0 unspecified atom stereocenters. The molecular weight excluding hydrogens is 302 g/mol. The maximum Gasteiger partial charge on any atom is 0.217 e. The minimum absolute atomic E-state index is 0.637. The Balaban J connectivity index is 2.13. The van der Waals surface area contributed by atoms with Gasteiger partial charge in [-0.3, -0.25) is 0 Å². The Kier molecular flexibility index (Phi) is 6.35. The molecule has 2 heteroatoms. The molecule has 24 heavy (non-hydrogen) atoms. The lowest BCUT2D eigenvalue weighted by Gasteiger charge is -1.95. The molecule has 0 saturated heterocycles. The first kappa shape index (κ1) is 17.5. The highest BCUT2D eigenvalue weighted by molar-refractivity contribution is 5.45. The zero-order valence-corrected chi connectivity index (χ0v) is 13.8. The molecule has 0 aliphatic heterocycles. The molecule has 2 rings (SSSR count). The molecule has 0 N–H and O–H groups in total. The molecule has 0 aliphatic rings. The maximum atomic E-state index is 13.7. The Hall–Kier alpha value is -2.84. The summed E-state index contributed by atoms with van der Waals surface area (Å²) in [4.78, 5) is 0. The van der Waals surface area contributed by atoms with E-state index in [1.165, 1.54) is 11.1 Å². The van der Waals surface area contributed by atoms with Crippen LogP contribution < -0.4 is 0 Å². The van der Waals surface area contributed by atoms with Gasteiger partial charge in [0.1, 0.15) is 0 Å². The summed E-state index contributed by atoms with van der Waals surface area (Å²) in [6, 6.07) is 14.8. The minimum Gasteiger partial charge on any atom is -0.193 e. The average Bonchev–Trinajstić information content (AvgIpc) is 2.64. The lowest BCUT2D eigenvalue weighted by molar-refractivity contribution is 0.584. The Morgan fingerprint density at radius 3 is 1.29 bits per heavy atom. The van der Waals surface area contributed by atoms with Gasteiger partial charge in [0.05, 0.1) is 0 Å². The van der Waals surface area contributed by atoms with Gasteiger partial charge in [-0.25, -0.2) is 0 Å². The van der Waals surface area contributed by atoms with E-state index in [2.05, 4.69) is 23.7 Å². The standard InChI is InChI=1S/C22H18F2/c1-3-17-5-9-19(10-6-17)13-15-21(23)22(24)16-14-20-11-7-18(4-2)8-12-20/h5-12H,3-4H2,1-2H3. The van der Waals surface area contributed by atoms with Crippen molar-refractivity contribution >= 4 is 0 Å². The van der Waals surface area contributed by atoms with Crippen molar-refractivity contribution in [1.29, 1.82) is 0 Å². The van der Waals surface area contributed by atoms with E-state index in [-0.39, 0.29) is 0 Å². The van der Waals surface area contributed by atoms with E-state index in [0.29, 0.717) is 11.1 Å². The SMILES string of the molecule is CCc1ccc(C#CC(F)=C(F)C#Cc2ccc(CC)cc2)cc1. The van der Waals surface area contributed by atoms with E-state index < -0.39 is 11.7 Å². The fraction of sp³-hybridized carbons (Fsp3) is 0.182. The van der Waals surface area contributed by atoms with E-state index in [4.69, 9.17) is 0 Å². The number of hydrogen-bond donors (Lipinski definition) is 0. The van der Waals surface area contributed by atoms with Crippen molar-refractivity contribution in [3.05, 3.63) is 82.4 Å². The number of benzene rings is 2. The van der Waals surface area contributed by atoms with E-state index in [0.717, 1.165) is 12.8 Å². The summed E-state index contributed by atoms with van der Waals surface area (Å²) in [6.07, 6.45) is 1.84. The topological polar surface area (TPSA) is 0 Å². The summed E-state index contributed by atoms with van der Waals surface area (Å²) in [7, 11) is 0. The van der Waals surface area contributed by atoms with Crippen LogP contribution in [0.3, 0.4) is 0 Å². The molecule has 0 bridgehead atoms. The highest BCUT2D eigenvalue weighted by Gasteiger charge is 1.99. The second kappa shape index (κ2) is 8.70. The highest BCUT2D eigenvalue weighted by Crippen LogP contribution is 2.09. The summed E-state index contributed by atoms with van der Waals surface area (Å²) >= 11 is 0. The molecule has 2 aromatic carbocycles. The van der Waals surface area contributed by atoms with Crippen LogP contribution in [0.25, 0.3) is 0 Å². The monoisotopic (exact) mass is 320 g/mol. The molecule has 0 aliphatic carbocycles. The lowest BCUT2D eigenvalue weighted by atomic mass is 10.1. The fourth-order valence-corrected chi connectivity index (χ4v) is 2.01. The second-order valence-corrected chi connectivity index (χ2v) is 5.23. The Morgan fingerprint density at radius 1 is 0.667 bits per heavy atom. The molecule has 0 nitrogen and oxygen atoms in total. The van der Waals surface area contributed by atoms with Crippen LogP contribution in [0, 0.1) is 23.7 Å². The van der Waals surface area contributed by atoms with E-state index in [1.807, 2.05) is 38.1 Å². The highest BCUT2D eigenvalue weighted by atomic mass is 19.2. The summed E-state index contributed by atoms with van der Waals surface area (Å²) in [5.74, 6) is 7.26. The van der Waals surface area contributed by atoms with Gasteiger partial charge in [0.2, 0.25) is 11.7 Å². The second-order valence-electron chi connectivity index (χ2n) is 5.23. The molecule has 0 radical (unpaired) electrons. The van der Waals surface area contributed by atoms with Crippen molar-refractivity contribution in [3.63, 3.8) is 0 Å². The van der Waals surface area contributed by atoms with Crippen molar-refractivity contribution in [1.82, 2.24) is 0 Å². The van der Waals surface area contributed by atoms with Gasteiger partial charge >= 0.3 is 0 Å². The summed E-state index contributed by atoms with van der Waals surface area (Å²) in [6.45, 7) is 4.10.